The molecule has 2 rings (SSSR count). The summed E-state index contributed by atoms with van der Waals surface area (Å²) in [5, 5.41) is 11.0. The first-order valence-electron chi connectivity index (χ1n) is 7.73. The Labute approximate surface area is 130 Å². The van der Waals surface area contributed by atoms with Gasteiger partial charge in [-0.2, -0.15) is 0 Å². The molecule has 0 saturated carbocycles. The average Bonchev–Trinajstić information content (AvgIpc) is 2.52. The summed E-state index contributed by atoms with van der Waals surface area (Å²) in [7, 11) is 0. The number of aromatic nitrogens is 1. The summed E-state index contributed by atoms with van der Waals surface area (Å²) in [5.41, 5.74) is 0.894. The number of carboxylic acid groups (broad SMARTS) is 1. The lowest BCUT2D eigenvalue weighted by molar-refractivity contribution is -0.134. The molecule has 1 aliphatic rings. The van der Waals surface area contributed by atoms with Gasteiger partial charge in [0.25, 0.3) is 0 Å². The van der Waals surface area contributed by atoms with E-state index in [-0.39, 0.29) is 18.4 Å². The number of nitrogens with one attached hydrogen (secondary N) is 1. The Morgan fingerprint density at radius 2 is 2.00 bits per heavy atom. The predicted octanol–water partition coefficient (Wildman–Crippen LogP) is 2.08. The van der Waals surface area contributed by atoms with E-state index in [2.05, 4.69) is 17.2 Å². The molecule has 120 valence electrons. The molecule has 6 heteroatoms. The van der Waals surface area contributed by atoms with E-state index in [9.17, 15) is 9.59 Å². The van der Waals surface area contributed by atoms with Gasteiger partial charge in [0, 0.05) is 32.0 Å². The van der Waals surface area contributed by atoms with Gasteiger partial charge in [-0.25, -0.2) is 4.79 Å². The molecule has 2 heterocycles. The van der Waals surface area contributed by atoms with Crippen molar-refractivity contribution in [3.63, 3.8) is 0 Å². The number of carbonyl (C=O) groups is 2. The van der Waals surface area contributed by atoms with Crippen LogP contribution in [0.15, 0.2) is 24.5 Å². The maximum atomic E-state index is 12.8. The molecule has 22 heavy (non-hydrogen) atoms. The molecule has 2 amide bonds. The smallest absolute Gasteiger partial charge is 0.404 e. The summed E-state index contributed by atoms with van der Waals surface area (Å²) in [6.07, 6.45) is 4.79. The van der Waals surface area contributed by atoms with Crippen molar-refractivity contribution in [2.45, 2.75) is 32.1 Å². The Bertz CT molecular complexity index is 499. The third kappa shape index (κ3) is 4.44. The van der Waals surface area contributed by atoms with Crippen LogP contribution >= 0.6 is 0 Å². The van der Waals surface area contributed by atoms with Gasteiger partial charge >= 0.3 is 6.09 Å². The first-order valence-corrected chi connectivity index (χ1v) is 7.73. The van der Waals surface area contributed by atoms with Crippen molar-refractivity contribution in [3.05, 3.63) is 30.1 Å². The zero-order chi connectivity index (χ0) is 15.9. The first-order chi connectivity index (χ1) is 10.6. The van der Waals surface area contributed by atoms with E-state index >= 15 is 0 Å². The second kappa shape index (κ2) is 7.77. The monoisotopic (exact) mass is 305 g/mol. The highest BCUT2D eigenvalue weighted by Crippen LogP contribution is 2.25. The van der Waals surface area contributed by atoms with Crippen molar-refractivity contribution < 1.29 is 14.7 Å². The zero-order valence-electron chi connectivity index (χ0n) is 12.9. The Morgan fingerprint density at radius 3 is 2.59 bits per heavy atom. The van der Waals surface area contributed by atoms with Gasteiger partial charge in [-0.15, -0.1) is 0 Å². The van der Waals surface area contributed by atoms with Crippen LogP contribution in [0.4, 0.5) is 4.79 Å². The molecule has 1 atom stereocenters. The second-order valence-electron chi connectivity index (χ2n) is 5.86. The van der Waals surface area contributed by atoms with E-state index in [1.54, 1.807) is 12.4 Å². The minimum atomic E-state index is -1.06. The van der Waals surface area contributed by atoms with Crippen molar-refractivity contribution in [1.82, 2.24) is 15.2 Å². The lowest BCUT2D eigenvalue weighted by atomic mass is 9.92. The minimum absolute atomic E-state index is 0.0882. The predicted molar refractivity (Wildman–Crippen MR) is 82.6 cm³/mol. The fourth-order valence-electron chi connectivity index (χ4n) is 2.80. The Hall–Kier alpha value is -2.11. The maximum Gasteiger partial charge on any atom is 0.404 e. The van der Waals surface area contributed by atoms with Crippen LogP contribution in [0.2, 0.25) is 0 Å². The number of piperidine rings is 1. The van der Waals surface area contributed by atoms with Crippen molar-refractivity contribution >= 4 is 12.0 Å². The van der Waals surface area contributed by atoms with Crippen LogP contribution in [0, 0.1) is 5.92 Å². The standard InChI is InChI=1S/C16H23N3O3/c1-12-5-10-19(11-6-12)15(20)14(4-9-18-16(21)22)13-2-7-17-8-3-13/h2-3,7-8,12,14,18H,4-6,9-11H2,1H3,(H,21,22). The summed E-state index contributed by atoms with van der Waals surface area (Å²) in [6.45, 7) is 4.04. The van der Waals surface area contributed by atoms with Crippen LogP contribution < -0.4 is 5.32 Å². The molecule has 6 nitrogen and oxygen atoms in total. The molecule has 1 aromatic rings. The SMILES string of the molecule is CC1CCN(C(=O)C(CCNC(=O)O)c2ccncc2)CC1. The van der Waals surface area contributed by atoms with Gasteiger partial charge in [-0.3, -0.25) is 9.78 Å². The summed E-state index contributed by atoms with van der Waals surface area (Å²) < 4.78 is 0. The highest BCUT2D eigenvalue weighted by molar-refractivity contribution is 5.83. The lowest BCUT2D eigenvalue weighted by Crippen LogP contribution is -2.41. The van der Waals surface area contributed by atoms with Gasteiger partial charge in [-0.05, 0) is 42.9 Å². The highest BCUT2D eigenvalue weighted by Gasteiger charge is 2.28. The van der Waals surface area contributed by atoms with Gasteiger partial charge in [0.1, 0.15) is 0 Å². The summed E-state index contributed by atoms with van der Waals surface area (Å²) >= 11 is 0. The molecule has 1 aliphatic heterocycles. The zero-order valence-corrected chi connectivity index (χ0v) is 12.9. The fourth-order valence-corrected chi connectivity index (χ4v) is 2.80. The molecule has 1 fully saturated rings. The Morgan fingerprint density at radius 1 is 1.36 bits per heavy atom. The molecule has 0 aromatic carbocycles. The largest absolute Gasteiger partial charge is 0.465 e. The number of pyridine rings is 1. The van der Waals surface area contributed by atoms with Crippen LogP contribution in [0.1, 0.15) is 37.7 Å². The quantitative estimate of drug-likeness (QED) is 0.872. The van der Waals surface area contributed by atoms with E-state index in [1.807, 2.05) is 17.0 Å². The molecule has 0 radical (unpaired) electrons. The van der Waals surface area contributed by atoms with Crippen LogP contribution in [-0.4, -0.2) is 46.6 Å². The first kappa shape index (κ1) is 16.3. The second-order valence-corrected chi connectivity index (χ2v) is 5.86. The average molecular weight is 305 g/mol. The maximum absolute atomic E-state index is 12.8. The molecule has 1 saturated heterocycles. The van der Waals surface area contributed by atoms with E-state index < -0.39 is 6.09 Å². The van der Waals surface area contributed by atoms with Gasteiger partial charge < -0.3 is 15.3 Å². The molecule has 1 aromatic heterocycles. The van der Waals surface area contributed by atoms with E-state index in [1.165, 1.54) is 0 Å². The van der Waals surface area contributed by atoms with Gasteiger partial charge in [-0.1, -0.05) is 6.92 Å². The topological polar surface area (TPSA) is 82.5 Å². The Balaban J connectivity index is 2.06. The molecule has 0 aliphatic carbocycles. The normalized spacial score (nSPS) is 17.0. The number of likely N-dealkylation sites (tertiary alicyclic amines) is 1. The summed E-state index contributed by atoms with van der Waals surface area (Å²) in [4.78, 5) is 29.3. The number of carbonyl (C=O) groups excluding carboxylic acids is 1. The van der Waals surface area contributed by atoms with Crippen LogP contribution in [-0.2, 0) is 4.79 Å². The van der Waals surface area contributed by atoms with Crippen LogP contribution in [0.3, 0.4) is 0 Å². The van der Waals surface area contributed by atoms with Crippen LogP contribution in [0.5, 0.6) is 0 Å². The van der Waals surface area contributed by atoms with Crippen LogP contribution in [0.25, 0.3) is 0 Å². The number of rotatable bonds is 5. The summed E-state index contributed by atoms with van der Waals surface area (Å²) in [6, 6.07) is 3.66. The van der Waals surface area contributed by atoms with E-state index in [0.717, 1.165) is 31.5 Å². The van der Waals surface area contributed by atoms with E-state index in [0.29, 0.717) is 12.3 Å². The molecule has 2 N–H and O–H groups in total. The number of nitrogens with zero attached hydrogens (tertiary/aromatic N) is 2. The third-order valence-corrected chi connectivity index (χ3v) is 4.21. The fraction of sp³-hybridized carbons (Fsp3) is 0.562. The molecule has 1 unspecified atom stereocenters. The molecule has 0 bridgehead atoms. The van der Waals surface area contributed by atoms with Gasteiger partial charge in [0.2, 0.25) is 5.91 Å². The molecular weight excluding hydrogens is 282 g/mol. The third-order valence-electron chi connectivity index (χ3n) is 4.21. The van der Waals surface area contributed by atoms with Crippen molar-refractivity contribution in [3.8, 4) is 0 Å². The van der Waals surface area contributed by atoms with Crippen molar-refractivity contribution in [1.29, 1.82) is 0 Å². The number of amides is 2. The highest BCUT2D eigenvalue weighted by atomic mass is 16.4. The number of hydrogen-bond acceptors (Lipinski definition) is 3. The van der Waals surface area contributed by atoms with Gasteiger partial charge in [0.05, 0.1) is 5.92 Å². The molecular formula is C16H23N3O3. The van der Waals surface area contributed by atoms with Crippen molar-refractivity contribution in [2.24, 2.45) is 5.92 Å². The molecule has 0 spiro atoms. The van der Waals surface area contributed by atoms with Crippen molar-refractivity contribution in [2.75, 3.05) is 19.6 Å². The summed E-state index contributed by atoms with van der Waals surface area (Å²) in [5.74, 6) is 0.436. The van der Waals surface area contributed by atoms with Gasteiger partial charge in [0.15, 0.2) is 0 Å². The Kier molecular flexibility index (Phi) is 5.75. The minimum Gasteiger partial charge on any atom is -0.465 e. The number of hydrogen-bond donors (Lipinski definition) is 2. The lowest BCUT2D eigenvalue weighted by Gasteiger charge is -2.33. The van der Waals surface area contributed by atoms with E-state index in [4.69, 9.17) is 5.11 Å².